The van der Waals surface area contributed by atoms with Gasteiger partial charge in [-0.3, -0.25) is 0 Å². The molecule has 0 radical (unpaired) electrons. The van der Waals surface area contributed by atoms with E-state index in [0.29, 0.717) is 16.3 Å². The molecule has 6 heteroatoms. The number of anilines is 1. The normalized spacial score (nSPS) is 16.3. The number of fused-ring (bicyclic) bond motifs is 1. The van der Waals surface area contributed by atoms with E-state index in [-0.39, 0.29) is 17.9 Å². The lowest BCUT2D eigenvalue weighted by molar-refractivity contribution is 0.248. The van der Waals surface area contributed by atoms with Crippen LogP contribution in [0.4, 0.5) is 14.9 Å². The Bertz CT molecular complexity index is 723. The van der Waals surface area contributed by atoms with Crippen molar-refractivity contribution in [2.75, 3.05) is 18.2 Å². The second kappa shape index (κ2) is 6.91. The average molecular weight is 332 g/mol. The van der Waals surface area contributed by atoms with Crippen molar-refractivity contribution < 1.29 is 13.9 Å². The van der Waals surface area contributed by atoms with Crippen LogP contribution in [0.15, 0.2) is 47.4 Å². The number of halogens is 1. The van der Waals surface area contributed by atoms with Crippen molar-refractivity contribution in [2.45, 2.75) is 17.4 Å². The molecule has 0 aliphatic carbocycles. The highest BCUT2D eigenvalue weighted by Crippen LogP contribution is 2.37. The molecule has 0 saturated carbocycles. The Kier molecular flexibility index (Phi) is 4.71. The molecule has 4 nitrogen and oxygen atoms in total. The fourth-order valence-corrected chi connectivity index (χ4v) is 3.74. The van der Waals surface area contributed by atoms with E-state index in [4.69, 9.17) is 4.74 Å². The van der Waals surface area contributed by atoms with E-state index >= 15 is 0 Å². The molecule has 0 aromatic heterocycles. The maximum absolute atomic E-state index is 13.9. The molecule has 120 valence electrons. The van der Waals surface area contributed by atoms with E-state index in [1.165, 1.54) is 17.8 Å². The van der Waals surface area contributed by atoms with Crippen molar-refractivity contribution >= 4 is 23.5 Å². The van der Waals surface area contributed by atoms with Gasteiger partial charge in [0.2, 0.25) is 0 Å². The van der Waals surface area contributed by atoms with Gasteiger partial charge in [0.1, 0.15) is 11.6 Å². The summed E-state index contributed by atoms with van der Waals surface area (Å²) in [7, 11) is 1.55. The van der Waals surface area contributed by atoms with Crippen LogP contribution in [0.5, 0.6) is 5.75 Å². The van der Waals surface area contributed by atoms with Crippen LogP contribution in [0.2, 0.25) is 0 Å². The first-order valence-corrected chi connectivity index (χ1v) is 8.29. The number of hydrogen-bond acceptors (Lipinski definition) is 3. The summed E-state index contributed by atoms with van der Waals surface area (Å²) < 4.78 is 19.1. The van der Waals surface area contributed by atoms with Gasteiger partial charge in [-0.25, -0.2) is 9.18 Å². The van der Waals surface area contributed by atoms with E-state index in [1.807, 2.05) is 18.2 Å². The largest absolute Gasteiger partial charge is 0.495 e. The zero-order valence-corrected chi connectivity index (χ0v) is 13.5. The molecule has 2 amide bonds. The predicted molar refractivity (Wildman–Crippen MR) is 89.6 cm³/mol. The van der Waals surface area contributed by atoms with Gasteiger partial charge in [0.25, 0.3) is 0 Å². The van der Waals surface area contributed by atoms with Gasteiger partial charge in [-0.1, -0.05) is 24.3 Å². The highest BCUT2D eigenvalue weighted by Gasteiger charge is 2.24. The molecule has 2 N–H and O–H groups in total. The number of benzene rings is 2. The minimum atomic E-state index is -0.332. The number of methoxy groups -OCH3 is 1. The van der Waals surface area contributed by atoms with Crippen LogP contribution < -0.4 is 15.4 Å². The standard InChI is InChI=1S/C17H17FN2O2S/c1-22-15-8-3-2-7-14(15)20-17(21)19-13-9-10-23-16-11(13)5-4-6-12(16)18/h2-8,13H,9-10H2,1H3,(H2,19,20,21)/t13-/m1/s1. The number of thioether (sulfide) groups is 1. The van der Waals surface area contributed by atoms with Gasteiger partial charge in [-0.05, 0) is 30.2 Å². The SMILES string of the molecule is COc1ccccc1NC(=O)N[C@@H]1CCSc2c(F)cccc21. The number of para-hydroxylation sites is 2. The van der Waals surface area contributed by atoms with Gasteiger partial charge in [0.05, 0.1) is 18.8 Å². The summed E-state index contributed by atoms with van der Waals surface area (Å²) in [5, 5.41) is 5.70. The Labute approximate surface area is 138 Å². The molecule has 0 unspecified atom stereocenters. The number of nitrogens with one attached hydrogen (secondary N) is 2. The molecule has 1 aliphatic rings. The second-order valence-corrected chi connectivity index (χ2v) is 6.25. The summed E-state index contributed by atoms with van der Waals surface area (Å²) in [4.78, 5) is 12.9. The molecular weight excluding hydrogens is 315 g/mol. The van der Waals surface area contributed by atoms with Crippen LogP contribution in [0, 0.1) is 5.82 Å². The van der Waals surface area contributed by atoms with Gasteiger partial charge in [-0.2, -0.15) is 0 Å². The third kappa shape index (κ3) is 3.42. The molecule has 3 rings (SSSR count). The first-order chi connectivity index (χ1) is 11.2. The third-order valence-electron chi connectivity index (χ3n) is 3.69. The van der Waals surface area contributed by atoms with Crippen molar-refractivity contribution in [1.29, 1.82) is 0 Å². The molecule has 0 spiro atoms. The van der Waals surface area contributed by atoms with Gasteiger partial charge in [0.15, 0.2) is 0 Å². The van der Waals surface area contributed by atoms with E-state index in [9.17, 15) is 9.18 Å². The lowest BCUT2D eigenvalue weighted by atomic mass is 10.0. The van der Waals surface area contributed by atoms with E-state index in [0.717, 1.165) is 17.7 Å². The summed E-state index contributed by atoms with van der Waals surface area (Å²) in [5.41, 5.74) is 1.42. The van der Waals surface area contributed by atoms with Gasteiger partial charge in [0, 0.05) is 10.6 Å². The number of carbonyl (C=O) groups excluding carboxylic acids is 1. The summed E-state index contributed by atoms with van der Waals surface area (Å²) in [6, 6.07) is 11.6. The minimum absolute atomic E-state index is 0.198. The molecule has 0 fully saturated rings. The minimum Gasteiger partial charge on any atom is -0.495 e. The smallest absolute Gasteiger partial charge is 0.319 e. The Morgan fingerprint density at radius 2 is 2.09 bits per heavy atom. The Morgan fingerprint density at radius 3 is 2.91 bits per heavy atom. The molecular formula is C17H17FN2O2S. The number of ether oxygens (including phenoxy) is 1. The van der Waals surface area contributed by atoms with Crippen LogP contribution in [0.1, 0.15) is 18.0 Å². The van der Waals surface area contributed by atoms with Gasteiger partial charge in [-0.15, -0.1) is 11.8 Å². The average Bonchev–Trinajstić information content (AvgIpc) is 2.56. The fraction of sp³-hybridized carbons (Fsp3) is 0.235. The number of carbonyl (C=O) groups is 1. The topological polar surface area (TPSA) is 50.4 Å². The number of amides is 2. The van der Waals surface area contributed by atoms with Crippen LogP contribution in [0.3, 0.4) is 0 Å². The summed E-state index contributed by atoms with van der Waals surface area (Å²) >= 11 is 1.49. The van der Waals surface area contributed by atoms with Gasteiger partial charge >= 0.3 is 6.03 Å². The first kappa shape index (κ1) is 15.7. The number of rotatable bonds is 3. The Morgan fingerprint density at radius 1 is 1.26 bits per heavy atom. The Balaban J connectivity index is 1.73. The molecule has 0 saturated heterocycles. The second-order valence-electron chi connectivity index (χ2n) is 5.15. The lowest BCUT2D eigenvalue weighted by Gasteiger charge is -2.26. The summed E-state index contributed by atoms with van der Waals surface area (Å²) in [6.45, 7) is 0. The van der Waals surface area contributed by atoms with Gasteiger partial charge < -0.3 is 15.4 Å². The molecule has 0 bridgehead atoms. The fourth-order valence-electron chi connectivity index (χ4n) is 2.60. The van der Waals surface area contributed by atoms with E-state index in [2.05, 4.69) is 10.6 Å². The number of hydrogen-bond donors (Lipinski definition) is 2. The molecule has 2 aromatic carbocycles. The molecule has 23 heavy (non-hydrogen) atoms. The third-order valence-corrected chi connectivity index (χ3v) is 4.85. The monoisotopic (exact) mass is 332 g/mol. The van der Waals surface area contributed by atoms with Crippen molar-refractivity contribution in [2.24, 2.45) is 0 Å². The molecule has 1 atom stereocenters. The maximum Gasteiger partial charge on any atom is 0.319 e. The highest BCUT2D eigenvalue weighted by atomic mass is 32.2. The molecule has 1 aliphatic heterocycles. The zero-order chi connectivity index (χ0) is 16.2. The number of urea groups is 1. The summed E-state index contributed by atoms with van der Waals surface area (Å²) in [5.74, 6) is 1.13. The maximum atomic E-state index is 13.9. The molecule has 2 aromatic rings. The van der Waals surface area contributed by atoms with Crippen LogP contribution >= 0.6 is 11.8 Å². The van der Waals surface area contributed by atoms with Crippen LogP contribution in [-0.4, -0.2) is 18.9 Å². The van der Waals surface area contributed by atoms with Crippen molar-refractivity contribution in [3.8, 4) is 5.75 Å². The van der Waals surface area contributed by atoms with Crippen LogP contribution in [0.25, 0.3) is 0 Å². The zero-order valence-electron chi connectivity index (χ0n) is 12.6. The predicted octanol–water partition coefficient (Wildman–Crippen LogP) is 4.19. The Hall–Kier alpha value is -2.21. The molecule has 1 heterocycles. The lowest BCUT2D eigenvalue weighted by Crippen LogP contribution is -2.34. The van der Waals surface area contributed by atoms with Crippen molar-refractivity contribution in [3.63, 3.8) is 0 Å². The summed E-state index contributed by atoms with van der Waals surface area (Å²) in [6.07, 6.45) is 0.764. The van der Waals surface area contributed by atoms with E-state index < -0.39 is 0 Å². The van der Waals surface area contributed by atoms with Crippen molar-refractivity contribution in [3.05, 3.63) is 53.8 Å². The first-order valence-electron chi connectivity index (χ1n) is 7.31. The van der Waals surface area contributed by atoms with E-state index in [1.54, 1.807) is 25.3 Å². The quantitative estimate of drug-likeness (QED) is 0.886. The van der Waals surface area contributed by atoms with Crippen molar-refractivity contribution in [1.82, 2.24) is 5.32 Å². The van der Waals surface area contributed by atoms with Crippen LogP contribution in [-0.2, 0) is 0 Å². The highest BCUT2D eigenvalue weighted by molar-refractivity contribution is 7.99.